The quantitative estimate of drug-likeness (QED) is 0.718. The van der Waals surface area contributed by atoms with Gasteiger partial charge < -0.3 is 10.1 Å². The lowest BCUT2D eigenvalue weighted by Gasteiger charge is -2.09. The number of methoxy groups -OCH3 is 1. The Morgan fingerprint density at radius 2 is 1.88 bits per heavy atom. The molecule has 8 heteroatoms. The van der Waals surface area contributed by atoms with Crippen LogP contribution in [0, 0.1) is 24.4 Å². The van der Waals surface area contributed by atoms with Crippen molar-refractivity contribution in [3.63, 3.8) is 0 Å². The first-order chi connectivity index (χ1) is 12.4. The van der Waals surface area contributed by atoms with E-state index in [1.165, 1.54) is 24.1 Å². The number of carbonyl (C=O) groups excluding carboxylic acids is 1. The normalized spacial score (nSPS) is 10.7. The second-order valence-electron chi connectivity index (χ2n) is 5.50. The number of ether oxygens (including phenoxy) is 1. The molecule has 0 unspecified atom stereocenters. The van der Waals surface area contributed by atoms with Crippen LogP contribution in [0.3, 0.4) is 0 Å². The van der Waals surface area contributed by atoms with Crippen LogP contribution in [0.1, 0.15) is 16.1 Å². The molecule has 1 amide bonds. The topological polar surface area (TPSA) is 56.1 Å². The van der Waals surface area contributed by atoms with Crippen molar-refractivity contribution in [2.75, 3.05) is 12.4 Å². The number of benzene rings is 2. The Bertz CT molecular complexity index is 986. The highest BCUT2D eigenvalue weighted by molar-refractivity contribution is 6.02. The highest BCUT2D eigenvalue weighted by Gasteiger charge is 2.18. The third-order valence-corrected chi connectivity index (χ3v) is 3.69. The Kier molecular flexibility index (Phi) is 4.66. The SMILES string of the molecule is COc1ccc(C)cc1-n1ccc(C(=O)Nc2ccc(F)c(F)c2F)n1. The van der Waals surface area contributed by atoms with Gasteiger partial charge in [0.2, 0.25) is 0 Å². The first-order valence-corrected chi connectivity index (χ1v) is 7.56. The lowest BCUT2D eigenvalue weighted by molar-refractivity contribution is 0.102. The van der Waals surface area contributed by atoms with Crippen LogP contribution in [-0.4, -0.2) is 22.8 Å². The molecule has 1 aromatic heterocycles. The molecule has 0 fully saturated rings. The molecule has 26 heavy (non-hydrogen) atoms. The van der Waals surface area contributed by atoms with Gasteiger partial charge in [-0.15, -0.1) is 0 Å². The molecule has 1 heterocycles. The van der Waals surface area contributed by atoms with Crippen LogP contribution in [0.4, 0.5) is 18.9 Å². The van der Waals surface area contributed by atoms with E-state index >= 15 is 0 Å². The minimum Gasteiger partial charge on any atom is -0.494 e. The Hall–Kier alpha value is -3.29. The highest BCUT2D eigenvalue weighted by Crippen LogP contribution is 2.24. The summed E-state index contributed by atoms with van der Waals surface area (Å²) < 4.78 is 46.6. The molecule has 5 nitrogen and oxygen atoms in total. The summed E-state index contributed by atoms with van der Waals surface area (Å²) in [5, 5.41) is 6.30. The van der Waals surface area contributed by atoms with E-state index in [1.807, 2.05) is 19.1 Å². The molecule has 0 atom stereocenters. The molecule has 2 aromatic carbocycles. The molecule has 0 aliphatic rings. The van der Waals surface area contributed by atoms with Gasteiger partial charge in [-0.1, -0.05) is 6.07 Å². The Morgan fingerprint density at radius 1 is 1.12 bits per heavy atom. The number of nitrogens with zero attached hydrogens (tertiary/aromatic N) is 2. The predicted molar refractivity (Wildman–Crippen MR) is 89.1 cm³/mol. The summed E-state index contributed by atoms with van der Waals surface area (Å²) >= 11 is 0. The molecule has 134 valence electrons. The van der Waals surface area contributed by atoms with E-state index in [4.69, 9.17) is 4.74 Å². The van der Waals surface area contributed by atoms with Crippen LogP contribution < -0.4 is 10.1 Å². The summed E-state index contributed by atoms with van der Waals surface area (Å²) in [6.07, 6.45) is 1.54. The number of nitrogens with one attached hydrogen (secondary N) is 1. The van der Waals surface area contributed by atoms with Crippen molar-refractivity contribution < 1.29 is 22.7 Å². The fourth-order valence-corrected chi connectivity index (χ4v) is 2.37. The Morgan fingerprint density at radius 3 is 2.62 bits per heavy atom. The largest absolute Gasteiger partial charge is 0.494 e. The number of halogens is 3. The number of anilines is 1. The monoisotopic (exact) mass is 361 g/mol. The fourth-order valence-electron chi connectivity index (χ4n) is 2.37. The lowest BCUT2D eigenvalue weighted by atomic mass is 10.2. The average Bonchev–Trinajstić information content (AvgIpc) is 3.12. The van der Waals surface area contributed by atoms with Crippen LogP contribution in [-0.2, 0) is 0 Å². The number of aryl methyl sites for hydroxylation is 1. The second-order valence-corrected chi connectivity index (χ2v) is 5.50. The molecule has 1 N–H and O–H groups in total. The van der Waals surface area contributed by atoms with Gasteiger partial charge in [0.25, 0.3) is 5.91 Å². The molecule has 0 aliphatic heterocycles. The van der Waals surface area contributed by atoms with Gasteiger partial charge in [-0.3, -0.25) is 4.79 Å². The lowest BCUT2D eigenvalue weighted by Crippen LogP contribution is -2.15. The van der Waals surface area contributed by atoms with Crippen molar-refractivity contribution in [2.45, 2.75) is 6.92 Å². The summed E-state index contributed by atoms with van der Waals surface area (Å²) in [6.45, 7) is 1.89. The highest BCUT2D eigenvalue weighted by atomic mass is 19.2. The number of hydrogen-bond acceptors (Lipinski definition) is 3. The zero-order valence-corrected chi connectivity index (χ0v) is 13.9. The van der Waals surface area contributed by atoms with Gasteiger partial charge in [0.15, 0.2) is 23.1 Å². The first kappa shape index (κ1) is 17.5. The van der Waals surface area contributed by atoms with Crippen molar-refractivity contribution in [1.82, 2.24) is 9.78 Å². The molecular formula is C18H14F3N3O2. The Balaban J connectivity index is 1.88. The van der Waals surface area contributed by atoms with Crippen molar-refractivity contribution in [2.24, 2.45) is 0 Å². The molecule has 3 aromatic rings. The smallest absolute Gasteiger partial charge is 0.276 e. The van der Waals surface area contributed by atoms with Gasteiger partial charge in [0, 0.05) is 6.20 Å². The van der Waals surface area contributed by atoms with E-state index in [9.17, 15) is 18.0 Å². The number of rotatable bonds is 4. The molecular weight excluding hydrogens is 347 g/mol. The van der Waals surface area contributed by atoms with Crippen molar-refractivity contribution in [3.8, 4) is 11.4 Å². The maximum Gasteiger partial charge on any atom is 0.276 e. The van der Waals surface area contributed by atoms with Gasteiger partial charge in [0.05, 0.1) is 12.8 Å². The maximum absolute atomic E-state index is 13.7. The van der Waals surface area contributed by atoms with Crippen LogP contribution >= 0.6 is 0 Å². The van der Waals surface area contributed by atoms with Gasteiger partial charge in [-0.25, -0.2) is 17.9 Å². The summed E-state index contributed by atoms with van der Waals surface area (Å²) in [4.78, 5) is 12.2. The molecule has 0 bridgehead atoms. The molecule has 0 aliphatic carbocycles. The predicted octanol–water partition coefficient (Wildman–Crippen LogP) is 3.86. The van der Waals surface area contributed by atoms with Gasteiger partial charge in [0.1, 0.15) is 11.4 Å². The standard InChI is InChI=1S/C18H14F3N3O2/c1-10-3-6-15(26-2)14(9-10)24-8-7-13(23-24)18(25)22-12-5-4-11(19)16(20)17(12)21/h3-9H,1-2H3,(H,22,25). The van der Waals surface area contributed by atoms with Gasteiger partial charge in [-0.2, -0.15) is 5.10 Å². The van der Waals surface area contributed by atoms with E-state index in [1.54, 1.807) is 6.07 Å². The minimum atomic E-state index is -1.65. The molecule has 0 saturated heterocycles. The van der Waals surface area contributed by atoms with Crippen molar-refractivity contribution >= 4 is 11.6 Å². The summed E-state index contributed by atoms with van der Waals surface area (Å²) in [7, 11) is 1.51. The molecule has 0 spiro atoms. The van der Waals surface area contributed by atoms with E-state index < -0.39 is 29.0 Å². The van der Waals surface area contributed by atoms with E-state index in [0.29, 0.717) is 11.4 Å². The van der Waals surface area contributed by atoms with Crippen LogP contribution in [0.25, 0.3) is 5.69 Å². The summed E-state index contributed by atoms with van der Waals surface area (Å²) in [6, 6.07) is 8.53. The molecule has 3 rings (SSSR count). The van der Waals surface area contributed by atoms with Crippen molar-refractivity contribution in [3.05, 3.63) is 71.3 Å². The zero-order valence-electron chi connectivity index (χ0n) is 13.9. The van der Waals surface area contributed by atoms with Gasteiger partial charge in [-0.05, 0) is 42.8 Å². The number of aromatic nitrogens is 2. The Labute approximate surface area is 147 Å². The van der Waals surface area contributed by atoms with Crippen LogP contribution in [0.5, 0.6) is 5.75 Å². The molecule has 0 radical (unpaired) electrons. The van der Waals surface area contributed by atoms with E-state index in [0.717, 1.165) is 17.7 Å². The number of carbonyl (C=O) groups is 1. The summed E-state index contributed by atoms with van der Waals surface area (Å²) in [5.74, 6) is -4.68. The maximum atomic E-state index is 13.7. The average molecular weight is 361 g/mol. The minimum absolute atomic E-state index is 0.0299. The molecule has 0 saturated carbocycles. The third-order valence-electron chi connectivity index (χ3n) is 3.69. The third kappa shape index (κ3) is 3.26. The van der Waals surface area contributed by atoms with Crippen molar-refractivity contribution in [1.29, 1.82) is 0 Å². The number of amides is 1. The van der Waals surface area contributed by atoms with E-state index in [2.05, 4.69) is 10.4 Å². The second kappa shape index (κ2) is 6.91. The zero-order chi connectivity index (χ0) is 18.8. The van der Waals surface area contributed by atoms with Gasteiger partial charge >= 0.3 is 0 Å². The van der Waals surface area contributed by atoms with Crippen LogP contribution in [0.15, 0.2) is 42.6 Å². The first-order valence-electron chi connectivity index (χ1n) is 7.56. The number of hydrogen-bond donors (Lipinski definition) is 1. The van der Waals surface area contributed by atoms with E-state index in [-0.39, 0.29) is 5.69 Å². The fraction of sp³-hybridized carbons (Fsp3) is 0.111. The van der Waals surface area contributed by atoms with Crippen LogP contribution in [0.2, 0.25) is 0 Å². The summed E-state index contributed by atoms with van der Waals surface area (Å²) in [5.41, 5.74) is 1.07.